The second-order valence-corrected chi connectivity index (χ2v) is 7.77. The first-order chi connectivity index (χ1) is 14.1. The van der Waals surface area contributed by atoms with Gasteiger partial charge in [0.25, 0.3) is 0 Å². The number of quaternary nitrogens is 1. The molecule has 1 aromatic rings. The van der Waals surface area contributed by atoms with Crippen LogP contribution in [-0.2, 0) is 9.59 Å². The van der Waals surface area contributed by atoms with Crippen molar-refractivity contribution < 1.29 is 19.3 Å². The number of carbonyl (C=O) groups excluding carboxylic acids is 3. The molecule has 9 nitrogen and oxygen atoms in total. The maximum atomic E-state index is 12.7. The highest BCUT2D eigenvalue weighted by molar-refractivity contribution is 6.44. The Balaban J connectivity index is 1.31. The quantitative estimate of drug-likeness (QED) is 0.405. The second-order valence-electron chi connectivity index (χ2n) is 7.77. The van der Waals surface area contributed by atoms with E-state index in [-0.39, 0.29) is 6.67 Å². The Hall–Kier alpha value is -2.81. The molecule has 1 aliphatic carbocycles. The van der Waals surface area contributed by atoms with Crippen molar-refractivity contribution in [1.82, 2.24) is 19.8 Å². The van der Waals surface area contributed by atoms with Gasteiger partial charge in [0.15, 0.2) is 6.67 Å². The van der Waals surface area contributed by atoms with Crippen LogP contribution in [0.1, 0.15) is 32.1 Å². The number of nitrogens with one attached hydrogen (secondary N) is 1. The van der Waals surface area contributed by atoms with E-state index in [1.165, 1.54) is 12.0 Å². The minimum atomic E-state index is -0.700. The van der Waals surface area contributed by atoms with Crippen LogP contribution in [0.4, 0.5) is 10.7 Å². The van der Waals surface area contributed by atoms with Crippen molar-refractivity contribution in [3.8, 4) is 0 Å². The van der Waals surface area contributed by atoms with Crippen LogP contribution in [0.2, 0.25) is 0 Å². The summed E-state index contributed by atoms with van der Waals surface area (Å²) in [5.41, 5.74) is 1.28. The van der Waals surface area contributed by atoms with Crippen molar-refractivity contribution in [1.29, 1.82) is 0 Å². The van der Waals surface area contributed by atoms with Gasteiger partial charge in [-0.1, -0.05) is 11.6 Å². The molecule has 1 N–H and O–H groups in total. The lowest BCUT2D eigenvalue weighted by Gasteiger charge is -2.33. The third-order valence-corrected chi connectivity index (χ3v) is 5.86. The molecule has 0 bridgehead atoms. The molecule has 0 aromatic carbocycles. The van der Waals surface area contributed by atoms with Gasteiger partial charge in [-0.05, 0) is 38.2 Å². The molecule has 9 heteroatoms. The average molecular weight is 399 g/mol. The highest BCUT2D eigenvalue weighted by Gasteiger charge is 2.46. The van der Waals surface area contributed by atoms with Gasteiger partial charge in [0.1, 0.15) is 0 Å². The van der Waals surface area contributed by atoms with Gasteiger partial charge in [0.2, 0.25) is 5.95 Å². The Bertz CT molecular complexity index is 804. The van der Waals surface area contributed by atoms with Crippen LogP contribution in [0, 0.1) is 0 Å². The fourth-order valence-corrected chi connectivity index (χ4v) is 4.13. The Morgan fingerprint density at radius 2 is 1.69 bits per heavy atom. The largest absolute Gasteiger partial charge is 0.338 e. The highest BCUT2D eigenvalue weighted by atomic mass is 16.2. The number of nitrogens with zero attached hydrogens (tertiary/aromatic N) is 5. The van der Waals surface area contributed by atoms with E-state index in [1.54, 1.807) is 18.5 Å². The Morgan fingerprint density at radius 3 is 2.38 bits per heavy atom. The van der Waals surface area contributed by atoms with Crippen LogP contribution in [0.5, 0.6) is 0 Å². The first-order valence-electron chi connectivity index (χ1n) is 10.3. The van der Waals surface area contributed by atoms with E-state index in [0.717, 1.165) is 60.1 Å². The maximum absolute atomic E-state index is 12.7. The van der Waals surface area contributed by atoms with E-state index >= 15 is 0 Å². The topological polar surface area (TPSA) is 91.1 Å². The van der Waals surface area contributed by atoms with Gasteiger partial charge in [-0.3, -0.25) is 14.5 Å². The summed E-state index contributed by atoms with van der Waals surface area (Å²) in [5, 5.41) is 0. The van der Waals surface area contributed by atoms with Gasteiger partial charge >= 0.3 is 17.8 Å². The SMILES string of the molecule is O=C1C(=O)N(C[NH+]2CCN(c3ncccn3)CC2)C(=O)N1CCC1=CCCCC1. The summed E-state index contributed by atoms with van der Waals surface area (Å²) < 4.78 is 0. The lowest BCUT2D eigenvalue weighted by Crippen LogP contribution is -3.16. The summed E-state index contributed by atoms with van der Waals surface area (Å²) in [6.07, 6.45) is 10.7. The Morgan fingerprint density at radius 1 is 0.966 bits per heavy atom. The molecule has 2 saturated heterocycles. The molecule has 0 spiro atoms. The molecule has 3 aliphatic rings. The van der Waals surface area contributed by atoms with Crippen LogP contribution >= 0.6 is 0 Å². The monoisotopic (exact) mass is 399 g/mol. The molecule has 29 heavy (non-hydrogen) atoms. The third-order valence-electron chi connectivity index (χ3n) is 5.86. The van der Waals surface area contributed by atoms with Crippen LogP contribution in [-0.4, -0.2) is 77.0 Å². The summed E-state index contributed by atoms with van der Waals surface area (Å²) in [5.74, 6) is -0.700. The van der Waals surface area contributed by atoms with Crippen molar-refractivity contribution in [2.24, 2.45) is 0 Å². The standard InChI is InChI=1S/C20H26N6O3/c27-17-18(28)26(20(29)25(17)10-7-16-5-2-1-3-6-16)15-23-11-13-24(14-12-23)19-21-8-4-9-22-19/h4-5,8-9H,1-3,6-7,10-15H2/p+1. The van der Waals surface area contributed by atoms with Crippen molar-refractivity contribution in [2.45, 2.75) is 32.1 Å². The van der Waals surface area contributed by atoms with Gasteiger partial charge in [0, 0.05) is 18.9 Å². The molecule has 4 rings (SSSR count). The minimum absolute atomic E-state index is 0.228. The normalized spacial score (nSPS) is 21.2. The van der Waals surface area contributed by atoms with Crippen LogP contribution in [0.15, 0.2) is 30.1 Å². The number of imide groups is 2. The molecular weight excluding hydrogens is 372 g/mol. The first-order valence-corrected chi connectivity index (χ1v) is 10.3. The number of aromatic nitrogens is 2. The van der Waals surface area contributed by atoms with Gasteiger partial charge in [0.05, 0.1) is 26.2 Å². The van der Waals surface area contributed by atoms with E-state index in [9.17, 15) is 14.4 Å². The summed E-state index contributed by atoms with van der Waals surface area (Å²) in [4.78, 5) is 51.4. The number of amides is 4. The van der Waals surface area contributed by atoms with E-state index in [0.29, 0.717) is 18.9 Å². The molecule has 0 saturated carbocycles. The Kier molecular flexibility index (Phi) is 5.84. The van der Waals surface area contributed by atoms with Crippen molar-refractivity contribution in [2.75, 3.05) is 44.3 Å². The maximum Gasteiger partial charge on any atom is 0.338 e. The molecule has 3 heterocycles. The summed E-state index contributed by atoms with van der Waals surface area (Å²) >= 11 is 0. The van der Waals surface area contributed by atoms with Crippen molar-refractivity contribution >= 4 is 23.8 Å². The smallest absolute Gasteiger partial charge is 0.330 e. The van der Waals surface area contributed by atoms with Crippen LogP contribution in [0.25, 0.3) is 0 Å². The number of allylic oxidation sites excluding steroid dienone is 1. The van der Waals surface area contributed by atoms with E-state index < -0.39 is 17.8 Å². The van der Waals surface area contributed by atoms with Gasteiger partial charge < -0.3 is 9.80 Å². The zero-order valence-corrected chi connectivity index (χ0v) is 16.5. The number of rotatable bonds is 6. The van der Waals surface area contributed by atoms with Crippen LogP contribution < -0.4 is 9.80 Å². The fourth-order valence-electron chi connectivity index (χ4n) is 4.13. The molecule has 1 aromatic heterocycles. The van der Waals surface area contributed by atoms with E-state index in [4.69, 9.17) is 0 Å². The number of urea groups is 1. The van der Waals surface area contributed by atoms with E-state index in [2.05, 4.69) is 20.9 Å². The molecule has 0 atom stereocenters. The van der Waals surface area contributed by atoms with Crippen molar-refractivity contribution in [3.63, 3.8) is 0 Å². The predicted octanol–water partition coefficient (Wildman–Crippen LogP) is -0.180. The molecule has 2 aliphatic heterocycles. The molecule has 154 valence electrons. The van der Waals surface area contributed by atoms with Gasteiger partial charge in [-0.2, -0.15) is 0 Å². The van der Waals surface area contributed by atoms with Crippen molar-refractivity contribution in [3.05, 3.63) is 30.1 Å². The number of hydrogen-bond donors (Lipinski definition) is 1. The minimum Gasteiger partial charge on any atom is -0.330 e. The molecular formula is C20H27N6O3+. The van der Waals surface area contributed by atoms with Crippen LogP contribution in [0.3, 0.4) is 0 Å². The third kappa shape index (κ3) is 4.29. The average Bonchev–Trinajstić information content (AvgIpc) is 2.97. The second kappa shape index (κ2) is 8.69. The lowest BCUT2D eigenvalue weighted by atomic mass is 9.97. The molecule has 4 amide bonds. The number of piperazine rings is 1. The number of carbonyl (C=O) groups is 3. The Labute approximate surface area is 170 Å². The zero-order chi connectivity index (χ0) is 20.2. The fraction of sp³-hybridized carbons (Fsp3) is 0.550. The predicted molar refractivity (Wildman–Crippen MR) is 105 cm³/mol. The lowest BCUT2D eigenvalue weighted by molar-refractivity contribution is -0.907. The summed E-state index contributed by atoms with van der Waals surface area (Å²) in [7, 11) is 0. The molecule has 2 fully saturated rings. The van der Waals surface area contributed by atoms with E-state index in [1.807, 2.05) is 0 Å². The molecule has 0 radical (unpaired) electrons. The first kappa shape index (κ1) is 19.5. The van der Waals surface area contributed by atoms with Gasteiger partial charge in [-0.15, -0.1) is 0 Å². The molecule has 0 unspecified atom stereocenters. The summed E-state index contributed by atoms with van der Waals surface area (Å²) in [6.45, 7) is 3.49. The van der Waals surface area contributed by atoms with Gasteiger partial charge in [-0.25, -0.2) is 19.7 Å². The summed E-state index contributed by atoms with van der Waals surface area (Å²) in [6, 6.07) is 1.31. The highest BCUT2D eigenvalue weighted by Crippen LogP contribution is 2.21. The zero-order valence-electron chi connectivity index (χ0n) is 16.5. The number of hydrogen-bond acceptors (Lipinski definition) is 6. The number of anilines is 1.